The summed E-state index contributed by atoms with van der Waals surface area (Å²) in [7, 11) is -2.36. The number of methoxy groups -OCH3 is 1. The lowest BCUT2D eigenvalue weighted by Gasteiger charge is -2.47. The van der Waals surface area contributed by atoms with Crippen molar-refractivity contribution in [3.63, 3.8) is 0 Å². The fourth-order valence-corrected chi connectivity index (χ4v) is 6.06. The Hall–Kier alpha value is -2.54. The van der Waals surface area contributed by atoms with Gasteiger partial charge in [0, 0.05) is 17.9 Å². The van der Waals surface area contributed by atoms with Crippen LogP contribution in [0.3, 0.4) is 0 Å². The molecule has 1 amide bonds. The van der Waals surface area contributed by atoms with Crippen LogP contribution in [0.5, 0.6) is 11.5 Å². The second-order valence-corrected chi connectivity index (χ2v) is 9.79. The molecule has 148 valence electrons. The minimum absolute atomic E-state index is 0.162. The number of fused-ring (bicyclic) bond motifs is 4. The molecule has 0 aliphatic carbocycles. The topological polar surface area (TPSA) is 81.7 Å². The van der Waals surface area contributed by atoms with Crippen molar-refractivity contribution in [1.82, 2.24) is 5.32 Å². The summed E-state index contributed by atoms with van der Waals surface area (Å²) in [6.07, 6.45) is 0.369. The Balaban J connectivity index is 1.88. The van der Waals surface area contributed by atoms with Gasteiger partial charge in [0.1, 0.15) is 0 Å². The Morgan fingerprint density at radius 1 is 1.18 bits per heavy atom. The second-order valence-electron chi connectivity index (χ2n) is 7.72. The summed E-state index contributed by atoms with van der Waals surface area (Å²) in [6, 6.07) is 10.3. The fraction of sp³-hybridized carbons (Fsp3) is 0.381. The Labute approximate surface area is 164 Å². The van der Waals surface area contributed by atoms with E-state index in [1.54, 1.807) is 37.3 Å². The van der Waals surface area contributed by atoms with Gasteiger partial charge in [0.25, 0.3) is 0 Å². The maximum atomic E-state index is 13.5. The van der Waals surface area contributed by atoms with Gasteiger partial charge in [0.05, 0.1) is 12.0 Å². The Bertz CT molecular complexity index is 1080. The molecule has 2 aliphatic rings. The van der Waals surface area contributed by atoms with Crippen LogP contribution in [0.25, 0.3) is 0 Å². The molecule has 2 bridgehead atoms. The van der Waals surface area contributed by atoms with E-state index in [2.05, 4.69) is 5.32 Å². The van der Waals surface area contributed by atoms with Crippen molar-refractivity contribution < 1.29 is 22.7 Å². The van der Waals surface area contributed by atoms with Crippen molar-refractivity contribution in [2.75, 3.05) is 7.11 Å². The first-order valence-electron chi connectivity index (χ1n) is 9.15. The average Bonchev–Trinajstić information content (AvgIpc) is 2.62. The molecule has 2 aromatic rings. The van der Waals surface area contributed by atoms with Gasteiger partial charge in [0.2, 0.25) is 5.91 Å². The number of benzene rings is 2. The minimum Gasteiger partial charge on any atom is -0.493 e. The minimum atomic E-state index is -3.90. The number of rotatable bonds is 3. The van der Waals surface area contributed by atoms with Gasteiger partial charge in [-0.15, -0.1) is 0 Å². The number of hydrogen-bond donors (Lipinski definition) is 1. The lowest BCUT2D eigenvalue weighted by Crippen LogP contribution is -2.63. The molecule has 0 saturated carbocycles. The summed E-state index contributed by atoms with van der Waals surface area (Å²) in [4.78, 5) is 13.1. The lowest BCUT2D eigenvalue weighted by molar-refractivity contribution is -0.132. The third-order valence-corrected chi connectivity index (χ3v) is 7.84. The fourth-order valence-electron chi connectivity index (χ4n) is 4.15. The molecule has 1 N–H and O–H groups in total. The van der Waals surface area contributed by atoms with Crippen LogP contribution in [-0.2, 0) is 14.6 Å². The summed E-state index contributed by atoms with van der Waals surface area (Å²) in [6.45, 7) is 5.54. The van der Waals surface area contributed by atoms with Crippen LogP contribution in [0.4, 0.5) is 0 Å². The van der Waals surface area contributed by atoms with Crippen LogP contribution in [0, 0.1) is 13.8 Å². The molecular weight excluding hydrogens is 378 g/mol. The highest BCUT2D eigenvalue weighted by Crippen LogP contribution is 2.50. The number of piperidine rings is 1. The van der Waals surface area contributed by atoms with Crippen molar-refractivity contribution in [2.24, 2.45) is 0 Å². The Morgan fingerprint density at radius 3 is 2.61 bits per heavy atom. The predicted molar refractivity (Wildman–Crippen MR) is 104 cm³/mol. The standard InChI is InChI=1S/C21H23NO5S/c1-12-8-9-14(10-13(12)2)28(24,25)19-16-11-21(3,22-20(19)23)27-18-15(16)6-5-7-17(18)26-4/h5-10,16,19H,11H2,1-4H3,(H,22,23). The second kappa shape index (κ2) is 6.24. The molecule has 0 radical (unpaired) electrons. The summed E-state index contributed by atoms with van der Waals surface area (Å²) < 4.78 is 38.4. The summed E-state index contributed by atoms with van der Waals surface area (Å²) in [5, 5.41) is 1.55. The van der Waals surface area contributed by atoms with E-state index >= 15 is 0 Å². The normalized spacial score (nSPS) is 26.1. The van der Waals surface area contributed by atoms with E-state index in [0.717, 1.165) is 11.1 Å². The van der Waals surface area contributed by atoms with Crippen LogP contribution >= 0.6 is 0 Å². The number of amides is 1. The van der Waals surface area contributed by atoms with E-state index in [9.17, 15) is 13.2 Å². The van der Waals surface area contributed by atoms with E-state index in [4.69, 9.17) is 9.47 Å². The number of carbonyl (C=O) groups is 1. The van der Waals surface area contributed by atoms with Crippen molar-refractivity contribution in [3.05, 3.63) is 53.1 Å². The molecule has 28 heavy (non-hydrogen) atoms. The quantitative estimate of drug-likeness (QED) is 0.855. The summed E-state index contributed by atoms with van der Waals surface area (Å²) in [5.74, 6) is -0.0504. The van der Waals surface area contributed by atoms with E-state index in [1.807, 2.05) is 19.9 Å². The molecule has 2 heterocycles. The molecular formula is C21H23NO5S. The molecule has 0 spiro atoms. The first-order valence-corrected chi connectivity index (χ1v) is 10.7. The van der Waals surface area contributed by atoms with Gasteiger partial charge in [-0.1, -0.05) is 18.2 Å². The van der Waals surface area contributed by atoms with Crippen molar-refractivity contribution in [2.45, 2.75) is 49.0 Å². The number of carbonyl (C=O) groups excluding carboxylic acids is 1. The van der Waals surface area contributed by atoms with E-state index < -0.39 is 32.6 Å². The van der Waals surface area contributed by atoms with Gasteiger partial charge in [0.15, 0.2) is 32.3 Å². The maximum Gasteiger partial charge on any atom is 0.242 e. The number of aryl methyl sites for hydroxylation is 2. The molecule has 2 aliphatic heterocycles. The van der Waals surface area contributed by atoms with Gasteiger partial charge >= 0.3 is 0 Å². The number of para-hydroxylation sites is 1. The number of hydrogen-bond acceptors (Lipinski definition) is 5. The molecule has 6 nitrogen and oxygen atoms in total. The van der Waals surface area contributed by atoms with Crippen molar-refractivity contribution in [1.29, 1.82) is 0 Å². The largest absolute Gasteiger partial charge is 0.493 e. The molecule has 0 aromatic heterocycles. The summed E-state index contributed by atoms with van der Waals surface area (Å²) >= 11 is 0. The zero-order valence-electron chi connectivity index (χ0n) is 16.3. The molecule has 1 saturated heterocycles. The molecule has 3 atom stereocenters. The van der Waals surface area contributed by atoms with Gasteiger partial charge in [-0.05, 0) is 50.1 Å². The summed E-state index contributed by atoms with van der Waals surface area (Å²) in [5.41, 5.74) is 1.58. The van der Waals surface area contributed by atoms with Crippen LogP contribution in [0.2, 0.25) is 0 Å². The lowest BCUT2D eigenvalue weighted by atomic mass is 9.81. The number of nitrogens with one attached hydrogen (secondary N) is 1. The van der Waals surface area contributed by atoms with Crippen LogP contribution in [-0.4, -0.2) is 32.4 Å². The van der Waals surface area contributed by atoms with Crippen molar-refractivity contribution in [3.8, 4) is 11.5 Å². The maximum absolute atomic E-state index is 13.5. The first kappa shape index (κ1) is 18.8. The Morgan fingerprint density at radius 2 is 1.93 bits per heavy atom. The third kappa shape index (κ3) is 2.76. The van der Waals surface area contributed by atoms with E-state index in [1.165, 1.54) is 7.11 Å². The monoisotopic (exact) mass is 401 g/mol. The predicted octanol–water partition coefficient (Wildman–Crippen LogP) is 2.87. The first-order chi connectivity index (χ1) is 13.2. The van der Waals surface area contributed by atoms with Crippen LogP contribution in [0.1, 0.15) is 36.0 Å². The number of sulfone groups is 1. The van der Waals surface area contributed by atoms with Gasteiger partial charge in [-0.2, -0.15) is 0 Å². The smallest absolute Gasteiger partial charge is 0.242 e. The molecule has 4 rings (SSSR count). The molecule has 2 aromatic carbocycles. The number of ether oxygens (including phenoxy) is 2. The van der Waals surface area contributed by atoms with Crippen molar-refractivity contribution >= 4 is 15.7 Å². The highest BCUT2D eigenvalue weighted by atomic mass is 32.2. The zero-order chi connectivity index (χ0) is 20.3. The van der Waals surface area contributed by atoms with E-state index in [-0.39, 0.29) is 4.90 Å². The van der Waals surface area contributed by atoms with Crippen LogP contribution in [0.15, 0.2) is 41.3 Å². The SMILES string of the molecule is COc1cccc2c1OC1(C)CC2C(S(=O)(=O)c2ccc(C)c(C)c2)C(=O)N1. The highest BCUT2D eigenvalue weighted by molar-refractivity contribution is 7.92. The van der Waals surface area contributed by atoms with Gasteiger partial charge in [-0.25, -0.2) is 8.42 Å². The third-order valence-electron chi connectivity index (χ3n) is 5.72. The highest BCUT2D eigenvalue weighted by Gasteiger charge is 2.54. The van der Waals surface area contributed by atoms with E-state index in [0.29, 0.717) is 23.5 Å². The molecule has 1 fully saturated rings. The van der Waals surface area contributed by atoms with Crippen LogP contribution < -0.4 is 14.8 Å². The molecule has 7 heteroatoms. The molecule has 3 unspecified atom stereocenters. The van der Waals surface area contributed by atoms with Gasteiger partial charge < -0.3 is 14.8 Å². The zero-order valence-corrected chi connectivity index (χ0v) is 17.1. The van der Waals surface area contributed by atoms with Gasteiger partial charge in [-0.3, -0.25) is 4.79 Å². The average molecular weight is 401 g/mol. The Kier molecular flexibility index (Phi) is 4.19.